The third kappa shape index (κ3) is 5.47. The van der Waals surface area contributed by atoms with Gasteiger partial charge in [0.15, 0.2) is 18.1 Å². The van der Waals surface area contributed by atoms with Crippen LogP contribution in [0.4, 0.5) is 0 Å². The number of dihydropyridines is 1. The highest BCUT2D eigenvalue weighted by molar-refractivity contribution is 6.15. The summed E-state index contributed by atoms with van der Waals surface area (Å²) < 4.78 is 6.43. The van der Waals surface area contributed by atoms with Crippen LogP contribution in [0, 0.1) is 0 Å². The van der Waals surface area contributed by atoms with Gasteiger partial charge in [0.1, 0.15) is 29.4 Å². The number of benzene rings is 5. The summed E-state index contributed by atoms with van der Waals surface area (Å²) in [5, 5.41) is 6.90. The summed E-state index contributed by atoms with van der Waals surface area (Å²) >= 11 is 0. The lowest BCUT2D eigenvalue weighted by atomic mass is 9.97. The first-order valence-corrected chi connectivity index (χ1v) is 16.3. The standard InChI is InChI=1S/C42H30N6O/c1-4-11-27(12-5-1)32-17-10-18-33(23-32)36-38-37(45-26-44-36)35-24-34(25-43-42(35)49-38)28-19-21-31(22-20-28)41-47-39(29-13-6-2-7-14-29)46-40(48-41)30-15-8-3-9-16-30/h1-26,41-43H,(H,46,47,48). The van der Waals surface area contributed by atoms with E-state index in [4.69, 9.17) is 14.7 Å². The second-order valence-electron chi connectivity index (χ2n) is 12.0. The van der Waals surface area contributed by atoms with Gasteiger partial charge in [-0.25, -0.2) is 20.0 Å². The van der Waals surface area contributed by atoms with E-state index >= 15 is 0 Å². The van der Waals surface area contributed by atoms with Crippen LogP contribution in [0.15, 0.2) is 168 Å². The van der Waals surface area contributed by atoms with E-state index < -0.39 is 0 Å². The number of nitrogens with one attached hydrogen (secondary N) is 2. The number of ether oxygens (including phenoxy) is 1. The molecule has 3 aliphatic rings. The maximum Gasteiger partial charge on any atom is 0.198 e. The second-order valence-corrected chi connectivity index (χ2v) is 12.0. The number of aliphatic imine (C=N–C) groups is 2. The van der Waals surface area contributed by atoms with Crippen molar-refractivity contribution in [2.24, 2.45) is 9.98 Å². The molecule has 7 nitrogen and oxygen atoms in total. The molecule has 6 aromatic rings. The summed E-state index contributed by atoms with van der Waals surface area (Å²) in [5.74, 6) is 2.28. The molecule has 234 valence electrons. The van der Waals surface area contributed by atoms with Crippen molar-refractivity contribution in [1.82, 2.24) is 20.6 Å². The van der Waals surface area contributed by atoms with Gasteiger partial charge in [0.25, 0.3) is 0 Å². The SMILES string of the molecule is C1=C(c2ccc(C3N=C(c4ccccc4)NC(c4ccccc4)=N3)cc2)C=C2c3ncnc(-c4cccc(-c5ccccc5)c4)c3OC2N1. The number of amidine groups is 2. The fraction of sp³-hybridized carbons (Fsp3) is 0.0476. The normalized spacial score (nSPS) is 16.4. The van der Waals surface area contributed by atoms with Crippen LogP contribution < -0.4 is 15.4 Å². The molecule has 0 amide bonds. The molecule has 1 unspecified atom stereocenters. The van der Waals surface area contributed by atoms with Gasteiger partial charge < -0.3 is 15.4 Å². The maximum atomic E-state index is 6.43. The quantitative estimate of drug-likeness (QED) is 0.194. The Morgan fingerprint density at radius 1 is 0.531 bits per heavy atom. The molecule has 1 aromatic heterocycles. The Hall–Kier alpha value is -6.60. The Labute approximate surface area is 284 Å². The van der Waals surface area contributed by atoms with E-state index in [1.165, 1.54) is 0 Å². The van der Waals surface area contributed by atoms with Crippen molar-refractivity contribution in [3.8, 4) is 28.1 Å². The Morgan fingerprint density at radius 2 is 1.12 bits per heavy atom. The molecule has 7 heteroatoms. The van der Waals surface area contributed by atoms with Crippen LogP contribution >= 0.6 is 0 Å². The average Bonchev–Trinajstić information content (AvgIpc) is 3.57. The minimum absolute atomic E-state index is 0.336. The molecule has 49 heavy (non-hydrogen) atoms. The maximum absolute atomic E-state index is 6.43. The summed E-state index contributed by atoms with van der Waals surface area (Å²) in [6, 6.07) is 47.5. The summed E-state index contributed by atoms with van der Waals surface area (Å²) in [4.78, 5) is 19.4. The van der Waals surface area contributed by atoms with Crippen molar-refractivity contribution in [2.45, 2.75) is 12.4 Å². The summed E-state index contributed by atoms with van der Waals surface area (Å²) in [7, 11) is 0. The summed E-state index contributed by atoms with van der Waals surface area (Å²) in [5.41, 5.74) is 11.0. The van der Waals surface area contributed by atoms with Gasteiger partial charge >= 0.3 is 0 Å². The van der Waals surface area contributed by atoms with Crippen LogP contribution in [0.2, 0.25) is 0 Å². The zero-order valence-electron chi connectivity index (χ0n) is 26.4. The zero-order chi connectivity index (χ0) is 32.6. The zero-order valence-corrected chi connectivity index (χ0v) is 26.4. The van der Waals surface area contributed by atoms with E-state index in [1.807, 2.05) is 60.8 Å². The molecular weight excluding hydrogens is 605 g/mol. The number of allylic oxidation sites excluding steroid dienone is 2. The molecule has 0 radical (unpaired) electrons. The molecule has 0 saturated carbocycles. The Kier molecular flexibility index (Phi) is 7.13. The van der Waals surface area contributed by atoms with E-state index in [1.54, 1.807) is 6.33 Å². The van der Waals surface area contributed by atoms with Gasteiger partial charge in [0.05, 0.1) is 0 Å². The molecule has 0 saturated heterocycles. The van der Waals surface area contributed by atoms with Crippen molar-refractivity contribution >= 4 is 22.8 Å². The van der Waals surface area contributed by atoms with Crippen molar-refractivity contribution in [1.29, 1.82) is 0 Å². The Morgan fingerprint density at radius 3 is 1.80 bits per heavy atom. The van der Waals surface area contributed by atoms with E-state index in [9.17, 15) is 0 Å². The minimum atomic E-state index is -0.382. The average molecular weight is 635 g/mol. The summed E-state index contributed by atoms with van der Waals surface area (Å²) in [6.45, 7) is 0. The molecule has 1 atom stereocenters. The van der Waals surface area contributed by atoms with E-state index in [2.05, 4.69) is 112 Å². The van der Waals surface area contributed by atoms with E-state index in [-0.39, 0.29) is 12.4 Å². The molecule has 3 aliphatic heterocycles. The van der Waals surface area contributed by atoms with E-state index in [0.29, 0.717) is 5.75 Å². The smallest absolute Gasteiger partial charge is 0.198 e. The predicted octanol–water partition coefficient (Wildman–Crippen LogP) is 8.05. The highest BCUT2D eigenvalue weighted by Crippen LogP contribution is 2.44. The van der Waals surface area contributed by atoms with Gasteiger partial charge in [-0.15, -0.1) is 0 Å². The monoisotopic (exact) mass is 634 g/mol. The van der Waals surface area contributed by atoms with Crippen LogP contribution in [-0.2, 0) is 0 Å². The second kappa shape index (κ2) is 12.2. The number of aromatic nitrogens is 2. The largest absolute Gasteiger partial charge is 0.462 e. The van der Waals surface area contributed by atoms with Crippen LogP contribution in [0.1, 0.15) is 34.1 Å². The van der Waals surface area contributed by atoms with Gasteiger partial charge in [-0.1, -0.05) is 133 Å². The van der Waals surface area contributed by atoms with Crippen molar-refractivity contribution in [3.05, 3.63) is 186 Å². The van der Waals surface area contributed by atoms with Gasteiger partial charge in [0.2, 0.25) is 0 Å². The topological polar surface area (TPSA) is 83.8 Å². The molecule has 0 bridgehead atoms. The molecular formula is C42H30N6O. The van der Waals surface area contributed by atoms with Gasteiger partial charge in [-0.05, 0) is 40.0 Å². The lowest BCUT2D eigenvalue weighted by Crippen LogP contribution is -2.35. The van der Waals surface area contributed by atoms with Crippen LogP contribution in [-0.4, -0.2) is 27.9 Å². The highest BCUT2D eigenvalue weighted by Gasteiger charge is 2.34. The number of nitrogens with zero attached hydrogens (tertiary/aromatic N) is 4. The third-order valence-electron chi connectivity index (χ3n) is 8.92. The van der Waals surface area contributed by atoms with Crippen LogP contribution in [0.25, 0.3) is 33.5 Å². The summed E-state index contributed by atoms with van der Waals surface area (Å²) in [6.07, 6.45) is 5.06. The van der Waals surface area contributed by atoms with E-state index in [0.717, 1.165) is 73.1 Å². The lowest BCUT2D eigenvalue weighted by Gasteiger charge is -2.23. The number of hydrogen-bond donors (Lipinski definition) is 2. The molecule has 0 spiro atoms. The third-order valence-corrected chi connectivity index (χ3v) is 8.92. The predicted molar refractivity (Wildman–Crippen MR) is 195 cm³/mol. The van der Waals surface area contributed by atoms with Crippen LogP contribution in [0.3, 0.4) is 0 Å². The van der Waals surface area contributed by atoms with Gasteiger partial charge in [0, 0.05) is 28.5 Å². The first-order chi connectivity index (χ1) is 24.3. The number of rotatable bonds is 6. The Balaban J connectivity index is 1.01. The molecule has 0 aliphatic carbocycles. The minimum Gasteiger partial charge on any atom is -0.462 e. The highest BCUT2D eigenvalue weighted by atomic mass is 16.5. The molecule has 9 rings (SSSR count). The van der Waals surface area contributed by atoms with Gasteiger partial charge in [-0.3, -0.25) is 0 Å². The molecule has 0 fully saturated rings. The fourth-order valence-electron chi connectivity index (χ4n) is 6.42. The van der Waals surface area contributed by atoms with Crippen LogP contribution in [0.5, 0.6) is 5.75 Å². The van der Waals surface area contributed by atoms with Crippen molar-refractivity contribution in [2.75, 3.05) is 0 Å². The first-order valence-electron chi connectivity index (χ1n) is 16.3. The fourth-order valence-corrected chi connectivity index (χ4v) is 6.42. The Bertz CT molecular complexity index is 2240. The number of hydrogen-bond acceptors (Lipinski definition) is 7. The van der Waals surface area contributed by atoms with Crippen molar-refractivity contribution < 1.29 is 4.74 Å². The molecule has 2 N–H and O–H groups in total. The van der Waals surface area contributed by atoms with Gasteiger partial charge in [-0.2, -0.15) is 0 Å². The number of fused-ring (bicyclic) bond motifs is 3. The first kappa shape index (κ1) is 28.6. The molecule has 5 aromatic carbocycles. The molecule has 4 heterocycles. The lowest BCUT2D eigenvalue weighted by molar-refractivity contribution is 0.254. The van der Waals surface area contributed by atoms with Crippen molar-refractivity contribution in [3.63, 3.8) is 0 Å².